The fraction of sp³-hybridized carbons (Fsp3) is 0.188. The minimum atomic E-state index is -3.61. The Balaban J connectivity index is 1.77. The molecular formula is C16H16BrClN2O3S. The van der Waals surface area contributed by atoms with Crippen LogP contribution in [0.5, 0.6) is 0 Å². The van der Waals surface area contributed by atoms with Crippen LogP contribution < -0.4 is 10.0 Å². The van der Waals surface area contributed by atoms with Gasteiger partial charge in [0, 0.05) is 29.0 Å². The largest absolute Gasteiger partial charge is 0.352 e. The SMILES string of the molecule is O=C(CCNS(=O)(=O)c1ccc(Br)cc1)NCc1ccc(Cl)cc1. The molecule has 8 heteroatoms. The second-order valence-electron chi connectivity index (χ2n) is 5.00. The highest BCUT2D eigenvalue weighted by molar-refractivity contribution is 9.10. The number of amides is 1. The number of rotatable bonds is 7. The second kappa shape index (κ2) is 8.62. The van der Waals surface area contributed by atoms with Crippen LogP contribution in [0, 0.1) is 0 Å². The van der Waals surface area contributed by atoms with E-state index in [-0.39, 0.29) is 23.8 Å². The highest BCUT2D eigenvalue weighted by Gasteiger charge is 2.13. The first-order chi connectivity index (χ1) is 11.4. The van der Waals surface area contributed by atoms with E-state index in [1.165, 1.54) is 12.1 Å². The predicted octanol–water partition coefficient (Wildman–Crippen LogP) is 3.09. The molecule has 0 heterocycles. The summed E-state index contributed by atoms with van der Waals surface area (Å²) < 4.78 is 27.3. The van der Waals surface area contributed by atoms with Crippen molar-refractivity contribution in [3.8, 4) is 0 Å². The molecule has 0 saturated carbocycles. The van der Waals surface area contributed by atoms with E-state index in [0.29, 0.717) is 11.6 Å². The van der Waals surface area contributed by atoms with Crippen LogP contribution in [0.25, 0.3) is 0 Å². The quantitative estimate of drug-likeness (QED) is 0.707. The highest BCUT2D eigenvalue weighted by atomic mass is 79.9. The molecule has 0 aliphatic rings. The van der Waals surface area contributed by atoms with E-state index in [9.17, 15) is 13.2 Å². The lowest BCUT2D eigenvalue weighted by atomic mass is 10.2. The number of nitrogens with one attached hydrogen (secondary N) is 2. The lowest BCUT2D eigenvalue weighted by molar-refractivity contribution is -0.121. The van der Waals surface area contributed by atoms with Gasteiger partial charge in [-0.3, -0.25) is 4.79 Å². The maximum Gasteiger partial charge on any atom is 0.240 e. The average molecular weight is 432 g/mol. The van der Waals surface area contributed by atoms with Gasteiger partial charge in [-0.25, -0.2) is 13.1 Å². The van der Waals surface area contributed by atoms with Crippen molar-refractivity contribution >= 4 is 43.5 Å². The first-order valence-electron chi connectivity index (χ1n) is 7.13. The molecule has 0 bridgehead atoms. The Morgan fingerprint density at radius 3 is 2.29 bits per heavy atom. The second-order valence-corrected chi connectivity index (χ2v) is 8.12. The third-order valence-electron chi connectivity index (χ3n) is 3.17. The Morgan fingerprint density at radius 2 is 1.67 bits per heavy atom. The summed E-state index contributed by atoms with van der Waals surface area (Å²) in [5, 5.41) is 3.36. The van der Waals surface area contributed by atoms with Gasteiger partial charge in [-0.15, -0.1) is 0 Å². The molecule has 2 aromatic carbocycles. The molecule has 0 fully saturated rings. The van der Waals surface area contributed by atoms with Crippen LogP contribution >= 0.6 is 27.5 Å². The van der Waals surface area contributed by atoms with Crippen molar-refractivity contribution < 1.29 is 13.2 Å². The molecule has 1 amide bonds. The summed E-state index contributed by atoms with van der Waals surface area (Å²) >= 11 is 9.04. The molecule has 24 heavy (non-hydrogen) atoms. The summed E-state index contributed by atoms with van der Waals surface area (Å²) in [6.45, 7) is 0.403. The first-order valence-corrected chi connectivity index (χ1v) is 9.78. The Labute approximate surface area is 154 Å². The zero-order valence-corrected chi connectivity index (χ0v) is 15.8. The predicted molar refractivity (Wildman–Crippen MR) is 97.2 cm³/mol. The monoisotopic (exact) mass is 430 g/mol. The van der Waals surface area contributed by atoms with E-state index in [4.69, 9.17) is 11.6 Å². The molecule has 0 unspecified atom stereocenters. The normalized spacial score (nSPS) is 11.2. The first kappa shape index (κ1) is 18.9. The van der Waals surface area contributed by atoms with Crippen LogP contribution in [0.4, 0.5) is 0 Å². The molecule has 0 spiro atoms. The molecule has 0 radical (unpaired) electrons. The summed E-state index contributed by atoms with van der Waals surface area (Å²) in [5.41, 5.74) is 0.920. The number of carbonyl (C=O) groups excluding carboxylic acids is 1. The summed E-state index contributed by atoms with van der Waals surface area (Å²) in [6, 6.07) is 13.4. The van der Waals surface area contributed by atoms with Gasteiger partial charge in [0.2, 0.25) is 15.9 Å². The number of halogens is 2. The minimum Gasteiger partial charge on any atom is -0.352 e. The fourth-order valence-electron chi connectivity index (χ4n) is 1.89. The van der Waals surface area contributed by atoms with E-state index in [1.807, 2.05) is 12.1 Å². The van der Waals surface area contributed by atoms with Crippen molar-refractivity contribution in [2.45, 2.75) is 17.9 Å². The lowest BCUT2D eigenvalue weighted by Crippen LogP contribution is -2.30. The van der Waals surface area contributed by atoms with Crippen LogP contribution in [-0.4, -0.2) is 20.9 Å². The van der Waals surface area contributed by atoms with E-state index >= 15 is 0 Å². The standard InChI is InChI=1S/C16H16BrClN2O3S/c17-13-3-7-15(8-4-13)24(22,23)20-10-9-16(21)19-11-12-1-5-14(18)6-2-12/h1-8,20H,9-11H2,(H,19,21). The van der Waals surface area contributed by atoms with Crippen LogP contribution in [0.3, 0.4) is 0 Å². The Kier molecular flexibility index (Phi) is 6.79. The van der Waals surface area contributed by atoms with E-state index in [1.54, 1.807) is 24.3 Å². The van der Waals surface area contributed by atoms with E-state index < -0.39 is 10.0 Å². The molecule has 5 nitrogen and oxygen atoms in total. The van der Waals surface area contributed by atoms with Gasteiger partial charge in [0.25, 0.3) is 0 Å². The van der Waals surface area contributed by atoms with Gasteiger partial charge in [-0.1, -0.05) is 39.7 Å². The van der Waals surface area contributed by atoms with Crippen molar-refractivity contribution in [3.05, 3.63) is 63.6 Å². The number of carbonyl (C=O) groups is 1. The number of sulfonamides is 1. The lowest BCUT2D eigenvalue weighted by Gasteiger charge is -2.08. The van der Waals surface area contributed by atoms with Crippen LogP contribution in [0.1, 0.15) is 12.0 Å². The van der Waals surface area contributed by atoms with Crippen LogP contribution in [0.15, 0.2) is 57.9 Å². The minimum absolute atomic E-state index is 0.0326. The van der Waals surface area contributed by atoms with Gasteiger partial charge >= 0.3 is 0 Å². The van der Waals surface area contributed by atoms with Gasteiger partial charge < -0.3 is 5.32 Å². The number of hydrogen-bond acceptors (Lipinski definition) is 3. The molecule has 2 N–H and O–H groups in total. The maximum atomic E-state index is 12.1. The van der Waals surface area contributed by atoms with Crippen molar-refractivity contribution in [3.63, 3.8) is 0 Å². The van der Waals surface area contributed by atoms with Crippen molar-refractivity contribution in [2.75, 3.05) is 6.54 Å². The highest BCUT2D eigenvalue weighted by Crippen LogP contribution is 2.14. The molecule has 0 aromatic heterocycles. The van der Waals surface area contributed by atoms with Gasteiger partial charge in [0.1, 0.15) is 0 Å². The zero-order valence-electron chi connectivity index (χ0n) is 12.6. The summed E-state index contributed by atoms with van der Waals surface area (Å²) in [5.74, 6) is -0.233. The van der Waals surface area contributed by atoms with Crippen molar-refractivity contribution in [1.82, 2.24) is 10.0 Å². The summed E-state index contributed by atoms with van der Waals surface area (Å²) in [4.78, 5) is 11.9. The fourth-order valence-corrected chi connectivity index (χ4v) is 3.31. The zero-order chi connectivity index (χ0) is 17.6. The van der Waals surface area contributed by atoms with Gasteiger partial charge in [-0.05, 0) is 42.0 Å². The van der Waals surface area contributed by atoms with Crippen LogP contribution in [-0.2, 0) is 21.4 Å². The Hall–Kier alpha value is -1.41. The molecule has 128 valence electrons. The molecular weight excluding hydrogens is 416 g/mol. The average Bonchev–Trinajstić information content (AvgIpc) is 2.54. The topological polar surface area (TPSA) is 75.3 Å². The third kappa shape index (κ3) is 5.90. The van der Waals surface area contributed by atoms with Crippen LogP contribution in [0.2, 0.25) is 5.02 Å². The third-order valence-corrected chi connectivity index (χ3v) is 5.43. The van der Waals surface area contributed by atoms with Gasteiger partial charge in [0.15, 0.2) is 0 Å². The van der Waals surface area contributed by atoms with E-state index in [0.717, 1.165) is 10.0 Å². The number of benzene rings is 2. The molecule has 2 rings (SSSR count). The van der Waals surface area contributed by atoms with Crippen molar-refractivity contribution in [1.29, 1.82) is 0 Å². The van der Waals surface area contributed by atoms with E-state index in [2.05, 4.69) is 26.0 Å². The summed E-state index contributed by atoms with van der Waals surface area (Å²) in [7, 11) is -3.61. The summed E-state index contributed by atoms with van der Waals surface area (Å²) in [6.07, 6.45) is 0.0589. The maximum absolute atomic E-state index is 12.1. The molecule has 0 atom stereocenters. The molecule has 0 aliphatic carbocycles. The smallest absolute Gasteiger partial charge is 0.240 e. The molecule has 2 aromatic rings. The molecule has 0 aliphatic heterocycles. The molecule has 0 saturated heterocycles. The van der Waals surface area contributed by atoms with Gasteiger partial charge in [-0.2, -0.15) is 0 Å². The number of hydrogen-bond donors (Lipinski definition) is 2. The Bertz CT molecular complexity index is 793. The van der Waals surface area contributed by atoms with Gasteiger partial charge in [0.05, 0.1) is 4.90 Å². The van der Waals surface area contributed by atoms with Crippen molar-refractivity contribution in [2.24, 2.45) is 0 Å². The Morgan fingerprint density at radius 1 is 1.04 bits per heavy atom.